The van der Waals surface area contributed by atoms with E-state index in [1.807, 2.05) is 39.1 Å². The van der Waals surface area contributed by atoms with Crippen molar-refractivity contribution in [2.24, 2.45) is 0 Å². The molecule has 0 bridgehead atoms. The summed E-state index contributed by atoms with van der Waals surface area (Å²) in [4.78, 5) is 14.9. The van der Waals surface area contributed by atoms with Crippen molar-refractivity contribution in [3.05, 3.63) is 59.2 Å². The van der Waals surface area contributed by atoms with Crippen molar-refractivity contribution in [2.45, 2.75) is 18.7 Å². The summed E-state index contributed by atoms with van der Waals surface area (Å²) in [5.41, 5.74) is 3.13. The van der Waals surface area contributed by atoms with Gasteiger partial charge in [-0.1, -0.05) is 18.2 Å². The molecule has 7 heteroatoms. The fourth-order valence-corrected chi connectivity index (χ4v) is 4.52. The average molecular weight is 388 g/mol. The van der Waals surface area contributed by atoms with E-state index < -0.39 is 10.0 Å². The van der Waals surface area contributed by atoms with Crippen molar-refractivity contribution in [2.75, 3.05) is 38.5 Å². The average Bonchev–Trinajstić information content (AvgIpc) is 2.66. The Labute approximate surface area is 160 Å². The highest BCUT2D eigenvalue weighted by atomic mass is 32.2. The molecule has 2 aromatic rings. The minimum Gasteiger partial charge on any atom is -0.322 e. The summed E-state index contributed by atoms with van der Waals surface area (Å²) < 4.78 is 27.3. The molecule has 1 fully saturated rings. The Morgan fingerprint density at radius 2 is 1.67 bits per heavy atom. The molecule has 3 rings (SSSR count). The van der Waals surface area contributed by atoms with E-state index in [2.05, 4.69) is 10.2 Å². The lowest BCUT2D eigenvalue weighted by molar-refractivity contribution is 0.102. The van der Waals surface area contributed by atoms with Crippen molar-refractivity contribution in [3.8, 4) is 0 Å². The summed E-state index contributed by atoms with van der Waals surface area (Å²) in [6.45, 7) is 6.24. The normalized spacial score (nSPS) is 16.3. The highest BCUT2D eigenvalue weighted by Gasteiger charge is 2.28. The Morgan fingerprint density at radius 3 is 2.37 bits per heavy atom. The molecular weight excluding hydrogens is 362 g/mol. The molecule has 0 atom stereocenters. The van der Waals surface area contributed by atoms with E-state index in [-0.39, 0.29) is 10.8 Å². The summed E-state index contributed by atoms with van der Waals surface area (Å²) >= 11 is 0. The number of sulfonamides is 1. The van der Waals surface area contributed by atoms with Crippen LogP contribution in [0.1, 0.15) is 21.5 Å². The number of hydrogen-bond donors (Lipinski definition) is 1. The first-order valence-electron chi connectivity index (χ1n) is 8.95. The standard InChI is InChI=1S/C20H25N3O3S/c1-15-6-4-9-19(16(15)2)21-20(24)17-7-5-8-18(14-17)27(25,26)23-12-10-22(3)11-13-23/h4-9,14H,10-13H2,1-3H3,(H,21,24). The van der Waals surface area contributed by atoms with Crippen molar-refractivity contribution < 1.29 is 13.2 Å². The van der Waals surface area contributed by atoms with Crippen LogP contribution in [0.15, 0.2) is 47.4 Å². The number of nitrogens with zero attached hydrogens (tertiary/aromatic N) is 2. The second kappa shape index (κ2) is 7.80. The zero-order chi connectivity index (χ0) is 19.6. The van der Waals surface area contributed by atoms with Gasteiger partial charge in [0, 0.05) is 37.4 Å². The monoisotopic (exact) mass is 387 g/mol. The Balaban J connectivity index is 1.82. The highest BCUT2D eigenvalue weighted by molar-refractivity contribution is 7.89. The van der Waals surface area contributed by atoms with Crippen molar-refractivity contribution >= 4 is 21.6 Å². The van der Waals surface area contributed by atoms with Crippen LogP contribution in [0, 0.1) is 13.8 Å². The second-order valence-electron chi connectivity index (χ2n) is 6.94. The summed E-state index contributed by atoms with van der Waals surface area (Å²) in [6.07, 6.45) is 0. The predicted octanol–water partition coefficient (Wildman–Crippen LogP) is 2.49. The van der Waals surface area contributed by atoms with Crippen LogP contribution in [0.25, 0.3) is 0 Å². The van der Waals surface area contributed by atoms with Crippen LogP contribution >= 0.6 is 0 Å². The van der Waals surface area contributed by atoms with E-state index in [4.69, 9.17) is 0 Å². The van der Waals surface area contributed by atoms with Gasteiger partial charge in [0.15, 0.2) is 0 Å². The maximum Gasteiger partial charge on any atom is 0.255 e. The minimum atomic E-state index is -3.60. The fraction of sp³-hybridized carbons (Fsp3) is 0.350. The zero-order valence-electron chi connectivity index (χ0n) is 15.9. The van der Waals surface area contributed by atoms with Crippen molar-refractivity contribution in [1.82, 2.24) is 9.21 Å². The summed E-state index contributed by atoms with van der Waals surface area (Å²) in [5.74, 6) is -0.320. The number of rotatable bonds is 4. The number of amides is 1. The number of anilines is 1. The second-order valence-corrected chi connectivity index (χ2v) is 8.87. The number of hydrogen-bond acceptors (Lipinski definition) is 4. The molecule has 0 aromatic heterocycles. The number of likely N-dealkylation sites (N-methyl/N-ethyl adjacent to an activating group) is 1. The Morgan fingerprint density at radius 1 is 1.00 bits per heavy atom. The van der Waals surface area contributed by atoms with Crippen LogP contribution in [0.5, 0.6) is 0 Å². The van der Waals surface area contributed by atoms with Gasteiger partial charge in [0.25, 0.3) is 5.91 Å². The van der Waals surface area contributed by atoms with E-state index >= 15 is 0 Å². The first-order valence-corrected chi connectivity index (χ1v) is 10.4. The molecule has 1 N–H and O–H groups in total. The number of aryl methyl sites for hydroxylation is 1. The van der Waals surface area contributed by atoms with Gasteiger partial charge in [0.05, 0.1) is 4.90 Å². The van der Waals surface area contributed by atoms with E-state index in [1.54, 1.807) is 18.2 Å². The quantitative estimate of drug-likeness (QED) is 0.875. The molecule has 0 radical (unpaired) electrons. The topological polar surface area (TPSA) is 69.7 Å². The van der Waals surface area contributed by atoms with Crippen molar-refractivity contribution in [3.63, 3.8) is 0 Å². The smallest absolute Gasteiger partial charge is 0.255 e. The van der Waals surface area contributed by atoms with Crippen LogP contribution in [-0.4, -0.2) is 56.8 Å². The summed E-state index contributed by atoms with van der Waals surface area (Å²) in [6, 6.07) is 11.9. The largest absolute Gasteiger partial charge is 0.322 e. The molecule has 27 heavy (non-hydrogen) atoms. The van der Waals surface area contributed by atoms with E-state index in [0.717, 1.165) is 16.8 Å². The number of benzene rings is 2. The Bertz CT molecular complexity index is 949. The molecule has 0 aliphatic carbocycles. The van der Waals surface area contributed by atoms with E-state index in [9.17, 15) is 13.2 Å². The number of nitrogens with one attached hydrogen (secondary N) is 1. The van der Waals surface area contributed by atoms with Gasteiger partial charge in [0.2, 0.25) is 10.0 Å². The Hall–Kier alpha value is -2.22. The fourth-order valence-electron chi connectivity index (χ4n) is 3.06. The van der Waals surface area contributed by atoms with Crippen LogP contribution < -0.4 is 5.32 Å². The lowest BCUT2D eigenvalue weighted by Gasteiger charge is -2.31. The van der Waals surface area contributed by atoms with Gasteiger partial charge >= 0.3 is 0 Å². The molecule has 0 spiro atoms. The number of carbonyl (C=O) groups is 1. The van der Waals surface area contributed by atoms with Gasteiger partial charge in [-0.2, -0.15) is 4.31 Å². The van der Waals surface area contributed by atoms with Crippen LogP contribution in [-0.2, 0) is 10.0 Å². The lowest BCUT2D eigenvalue weighted by atomic mass is 10.1. The highest BCUT2D eigenvalue weighted by Crippen LogP contribution is 2.21. The van der Waals surface area contributed by atoms with Gasteiger partial charge < -0.3 is 10.2 Å². The van der Waals surface area contributed by atoms with Crippen LogP contribution in [0.2, 0.25) is 0 Å². The van der Waals surface area contributed by atoms with Gasteiger partial charge in [-0.25, -0.2) is 8.42 Å². The van der Waals surface area contributed by atoms with E-state index in [0.29, 0.717) is 31.7 Å². The van der Waals surface area contributed by atoms with Gasteiger partial charge in [0.1, 0.15) is 0 Å². The molecule has 1 heterocycles. The van der Waals surface area contributed by atoms with Gasteiger partial charge in [-0.3, -0.25) is 4.79 Å². The molecule has 0 unspecified atom stereocenters. The summed E-state index contributed by atoms with van der Waals surface area (Å²) in [7, 11) is -1.63. The number of carbonyl (C=O) groups excluding carboxylic acids is 1. The molecule has 6 nitrogen and oxygen atoms in total. The maximum atomic E-state index is 12.9. The summed E-state index contributed by atoms with van der Waals surface area (Å²) in [5, 5.41) is 2.88. The van der Waals surface area contributed by atoms with Gasteiger partial charge in [-0.15, -0.1) is 0 Å². The van der Waals surface area contributed by atoms with E-state index in [1.165, 1.54) is 10.4 Å². The third-order valence-corrected chi connectivity index (χ3v) is 6.94. The van der Waals surface area contributed by atoms with Crippen LogP contribution in [0.3, 0.4) is 0 Å². The first kappa shape index (κ1) is 19.5. The van der Waals surface area contributed by atoms with Crippen molar-refractivity contribution in [1.29, 1.82) is 0 Å². The first-order chi connectivity index (χ1) is 12.8. The zero-order valence-corrected chi connectivity index (χ0v) is 16.7. The molecule has 1 aliphatic rings. The lowest BCUT2D eigenvalue weighted by Crippen LogP contribution is -2.47. The van der Waals surface area contributed by atoms with Gasteiger partial charge in [-0.05, 0) is 56.3 Å². The predicted molar refractivity (Wildman–Crippen MR) is 107 cm³/mol. The minimum absolute atomic E-state index is 0.153. The van der Waals surface area contributed by atoms with Crippen LogP contribution in [0.4, 0.5) is 5.69 Å². The molecule has 2 aromatic carbocycles. The molecule has 1 saturated heterocycles. The molecule has 0 saturated carbocycles. The Kier molecular flexibility index (Phi) is 5.64. The molecule has 1 aliphatic heterocycles. The third kappa shape index (κ3) is 4.21. The molecule has 144 valence electrons. The maximum absolute atomic E-state index is 12.9. The number of piperazine rings is 1. The molecule has 1 amide bonds. The third-order valence-electron chi connectivity index (χ3n) is 5.05. The molecular formula is C20H25N3O3S. The SMILES string of the molecule is Cc1cccc(NC(=O)c2cccc(S(=O)(=O)N3CCN(C)CC3)c2)c1C.